The van der Waals surface area contributed by atoms with Crippen molar-refractivity contribution in [2.45, 2.75) is 20.8 Å². The van der Waals surface area contributed by atoms with Crippen molar-refractivity contribution in [3.63, 3.8) is 0 Å². The largest absolute Gasteiger partial charge is 0.398 e. The van der Waals surface area contributed by atoms with Crippen LogP contribution in [0.4, 0.5) is 17.1 Å². The predicted octanol–water partition coefficient (Wildman–Crippen LogP) is 5.54. The van der Waals surface area contributed by atoms with E-state index in [1.165, 1.54) is 0 Å². The van der Waals surface area contributed by atoms with Crippen molar-refractivity contribution in [1.29, 1.82) is 15.8 Å². The number of nitrogens with one attached hydrogen (secondary N) is 1. The molecule has 3 aromatic rings. The smallest absolute Gasteiger partial charge is 0.101 e. The van der Waals surface area contributed by atoms with Gasteiger partial charge in [0.15, 0.2) is 0 Å². The third kappa shape index (κ3) is 8.66. The molecule has 0 aliphatic carbocycles. The predicted molar refractivity (Wildman–Crippen MR) is 136 cm³/mol. The lowest BCUT2D eigenvalue weighted by Gasteiger charge is -2.21. The van der Waals surface area contributed by atoms with Crippen molar-refractivity contribution in [3.05, 3.63) is 89.5 Å². The summed E-state index contributed by atoms with van der Waals surface area (Å²) >= 11 is 0. The van der Waals surface area contributed by atoms with Crippen LogP contribution in [-0.4, -0.2) is 19.6 Å². The Balaban J connectivity index is 0.000000252. The molecule has 3 rings (SSSR count). The molecule has 0 amide bonds. The molecule has 6 nitrogen and oxygen atoms in total. The lowest BCUT2D eigenvalue weighted by atomic mass is 10.2. The van der Waals surface area contributed by atoms with E-state index in [-0.39, 0.29) is 0 Å². The van der Waals surface area contributed by atoms with E-state index in [4.69, 9.17) is 21.5 Å². The molecule has 0 saturated heterocycles. The van der Waals surface area contributed by atoms with Crippen molar-refractivity contribution in [3.8, 4) is 18.2 Å². The zero-order valence-corrected chi connectivity index (χ0v) is 19.4. The van der Waals surface area contributed by atoms with Crippen LogP contribution in [-0.2, 0) is 0 Å². The fourth-order valence-corrected chi connectivity index (χ4v) is 2.93. The number of anilines is 3. The second-order valence-corrected chi connectivity index (χ2v) is 6.69. The number of nitrogens with zero attached hydrogens (tertiary/aromatic N) is 4. The van der Waals surface area contributed by atoms with Gasteiger partial charge in [-0.3, -0.25) is 0 Å². The minimum absolute atomic E-state index is 0.539. The topological polar surface area (TPSA) is 113 Å². The summed E-state index contributed by atoms with van der Waals surface area (Å²) in [6.07, 6.45) is 0. The first-order valence-corrected chi connectivity index (χ1v) is 10.8. The third-order valence-electron chi connectivity index (χ3n) is 4.62. The molecular weight excluding hydrogens is 408 g/mol. The summed E-state index contributed by atoms with van der Waals surface area (Å²) in [6, 6.07) is 28.5. The minimum atomic E-state index is 0.539. The molecule has 0 saturated carbocycles. The van der Waals surface area contributed by atoms with E-state index in [9.17, 15) is 0 Å². The Hall–Kier alpha value is -4.47. The van der Waals surface area contributed by atoms with Gasteiger partial charge < -0.3 is 16.0 Å². The molecule has 0 fully saturated rings. The van der Waals surface area contributed by atoms with Gasteiger partial charge in [0.25, 0.3) is 0 Å². The molecule has 0 unspecified atom stereocenters. The molecule has 0 radical (unpaired) electrons. The highest BCUT2D eigenvalue weighted by Gasteiger charge is 2.05. The van der Waals surface area contributed by atoms with Crippen LogP contribution in [0.3, 0.4) is 0 Å². The van der Waals surface area contributed by atoms with Crippen molar-refractivity contribution >= 4 is 17.1 Å². The lowest BCUT2D eigenvalue weighted by molar-refractivity contribution is 0.864. The van der Waals surface area contributed by atoms with Crippen molar-refractivity contribution in [2.75, 3.05) is 35.6 Å². The molecule has 0 aliphatic rings. The van der Waals surface area contributed by atoms with Gasteiger partial charge in [-0.15, -0.1) is 0 Å². The van der Waals surface area contributed by atoms with E-state index in [2.05, 4.69) is 36.2 Å². The number of nitriles is 3. The maximum atomic E-state index is 8.88. The first-order valence-electron chi connectivity index (χ1n) is 10.8. The summed E-state index contributed by atoms with van der Waals surface area (Å²) < 4.78 is 0. The van der Waals surface area contributed by atoms with E-state index < -0.39 is 0 Å². The number of nitrogens with two attached hydrogens (primary N) is 1. The summed E-state index contributed by atoms with van der Waals surface area (Å²) in [6.45, 7) is 8.92. The minimum Gasteiger partial charge on any atom is -0.398 e. The zero-order valence-electron chi connectivity index (χ0n) is 19.4. The van der Waals surface area contributed by atoms with E-state index in [0.717, 1.165) is 36.6 Å². The molecule has 0 bridgehead atoms. The molecule has 0 heterocycles. The van der Waals surface area contributed by atoms with Gasteiger partial charge in [0, 0.05) is 25.3 Å². The summed E-state index contributed by atoms with van der Waals surface area (Å²) in [7, 11) is 0. The third-order valence-corrected chi connectivity index (χ3v) is 4.62. The first-order chi connectivity index (χ1) is 16.1. The zero-order chi connectivity index (χ0) is 24.5. The van der Waals surface area contributed by atoms with Crippen LogP contribution in [0.1, 0.15) is 37.5 Å². The van der Waals surface area contributed by atoms with E-state index in [0.29, 0.717) is 16.8 Å². The number of nitrogen functional groups attached to an aromatic ring is 1. The van der Waals surface area contributed by atoms with Gasteiger partial charge >= 0.3 is 0 Å². The first kappa shape index (κ1) is 26.6. The van der Waals surface area contributed by atoms with Crippen LogP contribution < -0.4 is 16.0 Å². The highest BCUT2D eigenvalue weighted by atomic mass is 15.1. The summed E-state index contributed by atoms with van der Waals surface area (Å²) in [5.74, 6) is 0. The highest BCUT2D eigenvalue weighted by Crippen LogP contribution is 2.18. The molecular formula is C27H30N6. The maximum absolute atomic E-state index is 8.88. The molecule has 168 valence electrons. The lowest BCUT2D eigenvalue weighted by Crippen LogP contribution is -2.22. The van der Waals surface area contributed by atoms with Gasteiger partial charge in [0.1, 0.15) is 18.2 Å². The molecule has 3 N–H and O–H groups in total. The Labute approximate surface area is 197 Å². The quantitative estimate of drug-likeness (QED) is 0.506. The second kappa shape index (κ2) is 15.3. The van der Waals surface area contributed by atoms with Gasteiger partial charge in [-0.05, 0) is 57.2 Å². The van der Waals surface area contributed by atoms with Crippen LogP contribution in [0.25, 0.3) is 0 Å². The summed E-state index contributed by atoms with van der Waals surface area (Å²) in [5.41, 5.74) is 9.90. The van der Waals surface area contributed by atoms with Crippen LogP contribution >= 0.6 is 0 Å². The summed E-state index contributed by atoms with van der Waals surface area (Å²) in [5, 5.41) is 29.0. The molecule has 0 aromatic heterocycles. The second-order valence-electron chi connectivity index (χ2n) is 6.69. The Bertz CT molecular complexity index is 1110. The molecule has 0 aliphatic heterocycles. The Morgan fingerprint density at radius 2 is 1.18 bits per heavy atom. The van der Waals surface area contributed by atoms with Crippen LogP contribution in [0.2, 0.25) is 0 Å². The van der Waals surface area contributed by atoms with E-state index >= 15 is 0 Å². The standard InChI is InChI=1S/C11H14N2.C9H10N2.C7H6N2/c1-3-13(4-2)11-8-6-5-7-10(11)9-12;1-2-11-9-6-4-3-5-8(9)7-10;8-5-6-3-1-2-4-7(6)9/h5-8H,3-4H2,1-2H3;3-6,11H,2H2,1H3;1-4H,9H2. The van der Waals surface area contributed by atoms with Gasteiger partial charge in [-0.25, -0.2) is 0 Å². The average Bonchev–Trinajstić information content (AvgIpc) is 2.87. The fourth-order valence-electron chi connectivity index (χ4n) is 2.93. The maximum Gasteiger partial charge on any atom is 0.101 e. The average molecular weight is 439 g/mol. The van der Waals surface area contributed by atoms with Crippen molar-refractivity contribution < 1.29 is 0 Å². The number of hydrogen-bond donors (Lipinski definition) is 2. The molecule has 3 aromatic carbocycles. The Kier molecular flexibility index (Phi) is 12.4. The Morgan fingerprint density at radius 3 is 1.67 bits per heavy atom. The number of hydrogen-bond acceptors (Lipinski definition) is 6. The fraction of sp³-hybridized carbons (Fsp3) is 0.222. The number of benzene rings is 3. The normalized spacial score (nSPS) is 8.85. The molecule has 0 atom stereocenters. The van der Waals surface area contributed by atoms with Crippen molar-refractivity contribution in [2.24, 2.45) is 0 Å². The van der Waals surface area contributed by atoms with E-state index in [1.54, 1.807) is 30.3 Å². The van der Waals surface area contributed by atoms with Crippen LogP contribution in [0.15, 0.2) is 72.8 Å². The number of rotatable bonds is 5. The van der Waals surface area contributed by atoms with Crippen LogP contribution in [0.5, 0.6) is 0 Å². The van der Waals surface area contributed by atoms with Crippen molar-refractivity contribution in [1.82, 2.24) is 0 Å². The monoisotopic (exact) mass is 438 g/mol. The molecule has 0 spiro atoms. The van der Waals surface area contributed by atoms with Crippen LogP contribution in [0, 0.1) is 34.0 Å². The molecule has 6 heteroatoms. The van der Waals surface area contributed by atoms with Gasteiger partial charge in [-0.1, -0.05) is 36.4 Å². The molecule has 33 heavy (non-hydrogen) atoms. The van der Waals surface area contributed by atoms with Gasteiger partial charge in [0.05, 0.1) is 28.1 Å². The number of para-hydroxylation sites is 3. The SMILES string of the molecule is CCN(CC)c1ccccc1C#N.CCNc1ccccc1C#N.N#Cc1ccccc1N. The van der Waals surface area contributed by atoms with Gasteiger partial charge in [0.2, 0.25) is 0 Å². The summed E-state index contributed by atoms with van der Waals surface area (Å²) in [4.78, 5) is 2.18. The van der Waals surface area contributed by atoms with Gasteiger partial charge in [-0.2, -0.15) is 15.8 Å². The highest BCUT2D eigenvalue weighted by molar-refractivity contribution is 5.59. The van der Waals surface area contributed by atoms with E-state index in [1.807, 2.05) is 55.5 Å². The Morgan fingerprint density at radius 1 is 0.697 bits per heavy atom.